The van der Waals surface area contributed by atoms with Crippen molar-refractivity contribution in [3.8, 4) is 0 Å². The van der Waals surface area contributed by atoms with Gasteiger partial charge in [0.15, 0.2) is 5.03 Å². The van der Waals surface area contributed by atoms with E-state index < -0.39 is 10.0 Å². The van der Waals surface area contributed by atoms with Crippen LogP contribution in [0, 0.1) is 6.92 Å². The Hall–Kier alpha value is -1.24. The molecule has 1 unspecified atom stereocenters. The number of aromatic nitrogens is 1. The summed E-state index contributed by atoms with van der Waals surface area (Å²) in [6.07, 6.45) is 1.73. The highest BCUT2D eigenvalue weighted by Gasteiger charge is 2.28. The minimum atomic E-state index is -3.50. The van der Waals surface area contributed by atoms with Crippen molar-refractivity contribution in [2.24, 2.45) is 0 Å². The Morgan fingerprint density at radius 1 is 1.42 bits per heavy atom. The second-order valence-corrected chi connectivity index (χ2v) is 7.12. The molecule has 1 aromatic carbocycles. The molecule has 0 bridgehead atoms. The highest BCUT2D eigenvalue weighted by Crippen LogP contribution is 2.32. The van der Waals surface area contributed by atoms with Gasteiger partial charge in [-0.25, -0.2) is 18.1 Å². The predicted octanol–water partition coefficient (Wildman–Crippen LogP) is 2.42. The lowest BCUT2D eigenvalue weighted by Crippen LogP contribution is -2.27. The van der Waals surface area contributed by atoms with Crippen LogP contribution in [0.15, 0.2) is 34.1 Å². The number of rotatable bonds is 3. The molecule has 0 radical (unpaired) electrons. The second-order valence-electron chi connectivity index (χ2n) is 4.74. The van der Waals surface area contributed by atoms with Gasteiger partial charge in [-0.1, -0.05) is 23.8 Å². The molecule has 1 aromatic heterocycles. The number of nitrogens with zero attached hydrogens (tertiary/aromatic N) is 1. The average Bonchev–Trinajstić information content (AvgIpc) is 2.98. The summed E-state index contributed by atoms with van der Waals surface area (Å²) in [5.41, 5.74) is 5.07. The van der Waals surface area contributed by atoms with E-state index in [1.807, 2.05) is 19.1 Å². The molecule has 0 saturated heterocycles. The van der Waals surface area contributed by atoms with E-state index in [-0.39, 0.29) is 11.1 Å². The van der Waals surface area contributed by atoms with Gasteiger partial charge in [0.1, 0.15) is 0 Å². The maximum atomic E-state index is 12.2. The molecule has 0 spiro atoms. The molecule has 0 aliphatic heterocycles. The number of hydrogen-bond donors (Lipinski definition) is 1. The van der Waals surface area contributed by atoms with Crippen LogP contribution >= 0.6 is 11.3 Å². The fraction of sp³-hybridized carbons (Fsp3) is 0.308. The topological polar surface area (TPSA) is 59.1 Å². The summed E-state index contributed by atoms with van der Waals surface area (Å²) in [5.74, 6) is 0. The maximum Gasteiger partial charge on any atom is 0.259 e. The highest BCUT2D eigenvalue weighted by atomic mass is 32.2. The molecule has 3 rings (SSSR count). The molecule has 1 heterocycles. The van der Waals surface area contributed by atoms with Crippen molar-refractivity contribution in [1.82, 2.24) is 9.71 Å². The van der Waals surface area contributed by atoms with Gasteiger partial charge in [-0.2, -0.15) is 0 Å². The van der Waals surface area contributed by atoms with Crippen LogP contribution in [-0.4, -0.2) is 13.4 Å². The third kappa shape index (κ3) is 2.43. The van der Waals surface area contributed by atoms with Crippen molar-refractivity contribution in [3.63, 3.8) is 0 Å². The number of sulfonamides is 1. The van der Waals surface area contributed by atoms with Crippen LogP contribution < -0.4 is 4.72 Å². The first kappa shape index (κ1) is 12.8. The standard InChI is InChI=1S/C13H14N2O2S2/c1-9-2-4-11-10(6-9)3-5-12(11)15-19(16,17)13-7-18-8-14-13/h2,4,6-8,12,15H,3,5H2,1H3. The Morgan fingerprint density at radius 2 is 2.26 bits per heavy atom. The third-order valence-electron chi connectivity index (χ3n) is 3.36. The van der Waals surface area contributed by atoms with E-state index >= 15 is 0 Å². The summed E-state index contributed by atoms with van der Waals surface area (Å²) in [5, 5.41) is 1.66. The third-order valence-corrected chi connectivity index (χ3v) is 5.46. The lowest BCUT2D eigenvalue weighted by Gasteiger charge is -2.13. The number of fused-ring (bicyclic) bond motifs is 1. The normalized spacial score (nSPS) is 18.5. The monoisotopic (exact) mass is 294 g/mol. The van der Waals surface area contributed by atoms with Crippen LogP contribution in [0.4, 0.5) is 0 Å². The summed E-state index contributed by atoms with van der Waals surface area (Å²) in [4.78, 5) is 3.87. The zero-order chi connectivity index (χ0) is 13.5. The van der Waals surface area contributed by atoms with Crippen LogP contribution in [0.1, 0.15) is 29.2 Å². The number of nitrogens with one attached hydrogen (secondary N) is 1. The van der Waals surface area contributed by atoms with Crippen molar-refractivity contribution >= 4 is 21.4 Å². The smallest absolute Gasteiger partial charge is 0.232 e. The molecule has 0 fully saturated rings. The van der Waals surface area contributed by atoms with Gasteiger partial charge in [0.25, 0.3) is 10.0 Å². The number of benzene rings is 1. The van der Waals surface area contributed by atoms with E-state index in [1.165, 1.54) is 28.0 Å². The SMILES string of the molecule is Cc1ccc2c(c1)CCC2NS(=O)(=O)c1cscn1. The molecule has 4 nitrogen and oxygen atoms in total. The summed E-state index contributed by atoms with van der Waals surface area (Å²) >= 11 is 1.28. The molecule has 0 amide bonds. The van der Waals surface area contributed by atoms with Crippen molar-refractivity contribution in [2.45, 2.75) is 30.8 Å². The summed E-state index contributed by atoms with van der Waals surface area (Å²) < 4.78 is 27.1. The van der Waals surface area contributed by atoms with Gasteiger partial charge in [-0.15, -0.1) is 11.3 Å². The Morgan fingerprint density at radius 3 is 3.00 bits per heavy atom. The molecule has 0 saturated carbocycles. The molecular formula is C13H14N2O2S2. The Balaban J connectivity index is 1.88. The fourth-order valence-electron chi connectivity index (χ4n) is 2.45. The van der Waals surface area contributed by atoms with Gasteiger partial charge < -0.3 is 0 Å². The minimum absolute atomic E-state index is 0.109. The molecule has 1 N–H and O–H groups in total. The molecule has 1 atom stereocenters. The van der Waals surface area contributed by atoms with Crippen molar-refractivity contribution in [2.75, 3.05) is 0 Å². The van der Waals surface area contributed by atoms with Crippen LogP contribution in [0.5, 0.6) is 0 Å². The van der Waals surface area contributed by atoms with Gasteiger partial charge in [0.05, 0.1) is 5.51 Å². The van der Waals surface area contributed by atoms with E-state index in [0.29, 0.717) is 0 Å². The molecule has 19 heavy (non-hydrogen) atoms. The van der Waals surface area contributed by atoms with Crippen molar-refractivity contribution < 1.29 is 8.42 Å². The Bertz CT molecular complexity index is 693. The van der Waals surface area contributed by atoms with Crippen LogP contribution in [0.3, 0.4) is 0 Å². The van der Waals surface area contributed by atoms with E-state index in [9.17, 15) is 8.42 Å². The van der Waals surface area contributed by atoms with E-state index in [0.717, 1.165) is 18.4 Å². The lowest BCUT2D eigenvalue weighted by molar-refractivity contribution is 0.552. The zero-order valence-electron chi connectivity index (χ0n) is 10.5. The Labute approximate surface area is 116 Å². The fourth-order valence-corrected chi connectivity index (χ4v) is 4.53. The van der Waals surface area contributed by atoms with Crippen LogP contribution in [-0.2, 0) is 16.4 Å². The average molecular weight is 294 g/mol. The van der Waals surface area contributed by atoms with E-state index in [1.54, 1.807) is 5.38 Å². The summed E-state index contributed by atoms with van der Waals surface area (Å²) in [6, 6.07) is 6.04. The van der Waals surface area contributed by atoms with Crippen LogP contribution in [0.25, 0.3) is 0 Å². The van der Waals surface area contributed by atoms with E-state index in [2.05, 4.69) is 15.8 Å². The van der Waals surface area contributed by atoms with E-state index in [4.69, 9.17) is 0 Å². The lowest BCUT2D eigenvalue weighted by atomic mass is 10.1. The quantitative estimate of drug-likeness (QED) is 0.945. The maximum absolute atomic E-state index is 12.2. The summed E-state index contributed by atoms with van der Waals surface area (Å²) in [7, 11) is -3.50. The van der Waals surface area contributed by atoms with Gasteiger partial charge in [-0.05, 0) is 30.9 Å². The predicted molar refractivity (Wildman–Crippen MR) is 74.7 cm³/mol. The zero-order valence-corrected chi connectivity index (χ0v) is 12.1. The first-order valence-electron chi connectivity index (χ1n) is 6.06. The van der Waals surface area contributed by atoms with Gasteiger partial charge in [-0.3, -0.25) is 0 Å². The van der Waals surface area contributed by atoms with Gasteiger partial charge in [0.2, 0.25) is 0 Å². The van der Waals surface area contributed by atoms with Crippen LogP contribution in [0.2, 0.25) is 0 Å². The molecular weight excluding hydrogens is 280 g/mol. The van der Waals surface area contributed by atoms with Gasteiger partial charge in [0, 0.05) is 11.4 Å². The molecule has 2 aromatic rings. The largest absolute Gasteiger partial charge is 0.259 e. The van der Waals surface area contributed by atoms with Gasteiger partial charge >= 0.3 is 0 Å². The summed E-state index contributed by atoms with van der Waals surface area (Å²) in [6.45, 7) is 2.05. The first-order valence-corrected chi connectivity index (χ1v) is 8.49. The van der Waals surface area contributed by atoms with Crippen molar-refractivity contribution in [3.05, 3.63) is 45.8 Å². The highest BCUT2D eigenvalue weighted by molar-refractivity contribution is 7.89. The van der Waals surface area contributed by atoms with Crippen molar-refractivity contribution in [1.29, 1.82) is 0 Å². The number of thiazole rings is 1. The molecule has 1 aliphatic rings. The Kier molecular flexibility index (Phi) is 3.16. The second kappa shape index (κ2) is 4.70. The molecule has 6 heteroatoms. The number of aryl methyl sites for hydroxylation is 2. The number of hydrogen-bond acceptors (Lipinski definition) is 4. The first-order chi connectivity index (χ1) is 9.06. The minimum Gasteiger partial charge on any atom is -0.232 e. The molecule has 1 aliphatic carbocycles. The molecule has 100 valence electrons.